The van der Waals surface area contributed by atoms with E-state index < -0.39 is 0 Å². The van der Waals surface area contributed by atoms with E-state index >= 15 is 0 Å². The monoisotopic (exact) mass is 138 g/mol. The van der Waals surface area contributed by atoms with Crippen molar-refractivity contribution in [3.63, 3.8) is 0 Å². The Morgan fingerprint density at radius 2 is 2.10 bits per heavy atom. The van der Waals surface area contributed by atoms with Gasteiger partial charge in [0.1, 0.15) is 0 Å². The third-order valence-corrected chi connectivity index (χ3v) is 2.45. The number of rotatable bonds is 0. The Kier molecular flexibility index (Phi) is 1.93. The van der Waals surface area contributed by atoms with Crippen LogP contribution in [0.15, 0.2) is 11.6 Å². The molecule has 10 heavy (non-hydrogen) atoms. The first-order chi connectivity index (χ1) is 4.63. The first-order valence-electron chi connectivity index (χ1n) is 3.84. The number of hydrogen-bond donors (Lipinski definition) is 0. The second-order valence-electron chi connectivity index (χ2n) is 3.25. The molecule has 0 aromatic heterocycles. The van der Waals surface area contributed by atoms with Gasteiger partial charge in [0.15, 0.2) is 5.78 Å². The van der Waals surface area contributed by atoms with E-state index in [0.717, 1.165) is 12.0 Å². The third-order valence-electron chi connectivity index (χ3n) is 2.45. The van der Waals surface area contributed by atoms with Gasteiger partial charge in [-0.15, -0.1) is 0 Å². The summed E-state index contributed by atoms with van der Waals surface area (Å²) >= 11 is 0. The minimum absolute atomic E-state index is 0.241. The van der Waals surface area contributed by atoms with E-state index in [1.54, 1.807) is 0 Å². The van der Waals surface area contributed by atoms with E-state index in [4.69, 9.17) is 0 Å². The molecule has 0 bridgehead atoms. The van der Waals surface area contributed by atoms with Crippen LogP contribution in [0.25, 0.3) is 0 Å². The van der Waals surface area contributed by atoms with E-state index in [1.807, 2.05) is 19.9 Å². The zero-order chi connectivity index (χ0) is 7.72. The van der Waals surface area contributed by atoms with Gasteiger partial charge in [0, 0.05) is 5.92 Å². The fraction of sp³-hybridized carbons (Fsp3) is 0.667. The molecule has 0 aromatic carbocycles. The minimum atomic E-state index is 0.241. The summed E-state index contributed by atoms with van der Waals surface area (Å²) in [6, 6.07) is 0. The number of hydrogen-bond acceptors (Lipinski definition) is 1. The molecule has 1 nitrogen and oxygen atoms in total. The summed E-state index contributed by atoms with van der Waals surface area (Å²) in [5, 5.41) is 0. The molecule has 0 fully saturated rings. The molecular weight excluding hydrogens is 124 g/mol. The van der Waals surface area contributed by atoms with Crippen molar-refractivity contribution >= 4 is 5.78 Å². The average molecular weight is 138 g/mol. The zero-order valence-electron chi connectivity index (χ0n) is 6.85. The Morgan fingerprint density at radius 1 is 1.50 bits per heavy atom. The maximum Gasteiger partial charge on any atom is 0.161 e. The van der Waals surface area contributed by atoms with Gasteiger partial charge in [0.25, 0.3) is 0 Å². The maximum absolute atomic E-state index is 11.3. The van der Waals surface area contributed by atoms with Gasteiger partial charge in [-0.25, -0.2) is 0 Å². The van der Waals surface area contributed by atoms with Crippen molar-refractivity contribution in [2.45, 2.75) is 27.2 Å². The Bertz CT molecular complexity index is 179. The molecule has 0 saturated heterocycles. The van der Waals surface area contributed by atoms with Crippen molar-refractivity contribution in [2.75, 3.05) is 0 Å². The van der Waals surface area contributed by atoms with Gasteiger partial charge in [-0.3, -0.25) is 4.79 Å². The molecule has 0 aromatic rings. The van der Waals surface area contributed by atoms with E-state index in [0.29, 0.717) is 11.7 Å². The fourth-order valence-electron chi connectivity index (χ4n) is 1.28. The highest BCUT2D eigenvalue weighted by atomic mass is 16.1. The van der Waals surface area contributed by atoms with Crippen LogP contribution in [0.2, 0.25) is 0 Å². The molecular formula is C9H14O. The Balaban J connectivity index is 2.81. The smallest absolute Gasteiger partial charge is 0.161 e. The predicted molar refractivity (Wildman–Crippen MR) is 41.7 cm³/mol. The molecule has 1 unspecified atom stereocenters. The van der Waals surface area contributed by atoms with Gasteiger partial charge in [0.05, 0.1) is 0 Å². The van der Waals surface area contributed by atoms with Gasteiger partial charge in [-0.2, -0.15) is 0 Å². The lowest BCUT2D eigenvalue weighted by Gasteiger charge is -2.22. The van der Waals surface area contributed by atoms with Gasteiger partial charge in [-0.05, 0) is 24.8 Å². The second kappa shape index (κ2) is 2.57. The average Bonchev–Trinajstić information content (AvgIpc) is 1.93. The van der Waals surface area contributed by atoms with E-state index in [1.165, 1.54) is 0 Å². The molecule has 1 aliphatic carbocycles. The van der Waals surface area contributed by atoms with Crippen LogP contribution < -0.4 is 0 Å². The molecule has 0 N–H and O–H groups in total. The van der Waals surface area contributed by atoms with Crippen LogP contribution in [0.5, 0.6) is 0 Å². The highest BCUT2D eigenvalue weighted by molar-refractivity contribution is 5.97. The van der Waals surface area contributed by atoms with E-state index in [9.17, 15) is 4.79 Å². The molecule has 0 spiro atoms. The summed E-state index contributed by atoms with van der Waals surface area (Å²) < 4.78 is 0. The molecule has 0 amide bonds. The van der Waals surface area contributed by atoms with Crippen molar-refractivity contribution in [1.82, 2.24) is 0 Å². The number of ketones is 1. The van der Waals surface area contributed by atoms with Gasteiger partial charge in [0.2, 0.25) is 0 Å². The topological polar surface area (TPSA) is 17.1 Å². The van der Waals surface area contributed by atoms with Crippen LogP contribution in [0.4, 0.5) is 0 Å². The van der Waals surface area contributed by atoms with Crippen molar-refractivity contribution in [1.29, 1.82) is 0 Å². The predicted octanol–water partition coefficient (Wildman–Crippen LogP) is 2.18. The highest BCUT2D eigenvalue weighted by Crippen LogP contribution is 2.25. The van der Waals surface area contributed by atoms with E-state index in [-0.39, 0.29) is 5.92 Å². The maximum atomic E-state index is 11.3. The van der Waals surface area contributed by atoms with E-state index in [2.05, 4.69) is 6.92 Å². The standard InChI is InChI=1S/C9H14O/c1-6-4-5-7(2)9(10)8(6)3/h5-6,8H,4H2,1-3H3/t6?,8-/m1/s1. The molecule has 56 valence electrons. The summed E-state index contributed by atoms with van der Waals surface area (Å²) in [5.41, 5.74) is 0.950. The summed E-state index contributed by atoms with van der Waals surface area (Å²) in [5.74, 6) is 1.11. The molecule has 0 radical (unpaired) electrons. The van der Waals surface area contributed by atoms with Crippen LogP contribution in [0.1, 0.15) is 27.2 Å². The Hall–Kier alpha value is -0.590. The lowest BCUT2D eigenvalue weighted by Crippen LogP contribution is -2.23. The van der Waals surface area contributed by atoms with Crippen LogP contribution in [0, 0.1) is 11.8 Å². The van der Waals surface area contributed by atoms with Gasteiger partial charge in [-0.1, -0.05) is 19.9 Å². The van der Waals surface area contributed by atoms with Crippen LogP contribution >= 0.6 is 0 Å². The van der Waals surface area contributed by atoms with Gasteiger partial charge >= 0.3 is 0 Å². The second-order valence-corrected chi connectivity index (χ2v) is 3.25. The summed E-state index contributed by atoms with van der Waals surface area (Å²) in [4.78, 5) is 11.3. The number of Topliss-reactive ketones (excluding diaryl/α,β-unsaturated/α-hetero) is 1. The summed E-state index contributed by atoms with van der Waals surface area (Å²) in [6.07, 6.45) is 3.12. The normalized spacial score (nSPS) is 33.9. The molecule has 2 atom stereocenters. The Labute approximate surface area is 62.1 Å². The number of carbonyl (C=O) groups is 1. The van der Waals surface area contributed by atoms with Crippen molar-refractivity contribution in [2.24, 2.45) is 11.8 Å². The van der Waals surface area contributed by atoms with Crippen molar-refractivity contribution in [3.05, 3.63) is 11.6 Å². The minimum Gasteiger partial charge on any atom is -0.294 e. The summed E-state index contributed by atoms with van der Waals surface area (Å²) in [6.45, 7) is 6.06. The molecule has 1 heteroatoms. The molecule has 0 saturated carbocycles. The first kappa shape index (κ1) is 7.52. The third kappa shape index (κ3) is 1.13. The van der Waals surface area contributed by atoms with Crippen LogP contribution in [0.3, 0.4) is 0 Å². The van der Waals surface area contributed by atoms with Crippen molar-refractivity contribution < 1.29 is 4.79 Å². The first-order valence-corrected chi connectivity index (χ1v) is 3.84. The SMILES string of the molecule is CC1=CCC(C)[C@@H](C)C1=O. The molecule has 0 heterocycles. The van der Waals surface area contributed by atoms with Gasteiger partial charge < -0.3 is 0 Å². The highest BCUT2D eigenvalue weighted by Gasteiger charge is 2.24. The number of carbonyl (C=O) groups excluding carboxylic acids is 1. The zero-order valence-corrected chi connectivity index (χ0v) is 6.85. The molecule has 0 aliphatic heterocycles. The van der Waals surface area contributed by atoms with Crippen LogP contribution in [-0.4, -0.2) is 5.78 Å². The fourth-order valence-corrected chi connectivity index (χ4v) is 1.28. The lowest BCUT2D eigenvalue weighted by atomic mass is 9.81. The lowest BCUT2D eigenvalue weighted by molar-refractivity contribution is -0.120. The number of allylic oxidation sites excluding steroid dienone is 2. The Morgan fingerprint density at radius 3 is 2.60 bits per heavy atom. The molecule has 1 aliphatic rings. The molecule has 1 rings (SSSR count). The quantitative estimate of drug-likeness (QED) is 0.501. The van der Waals surface area contributed by atoms with Crippen molar-refractivity contribution in [3.8, 4) is 0 Å². The van der Waals surface area contributed by atoms with Crippen LogP contribution in [-0.2, 0) is 4.79 Å². The largest absolute Gasteiger partial charge is 0.294 e. The summed E-state index contributed by atoms with van der Waals surface area (Å²) in [7, 11) is 0.